The lowest BCUT2D eigenvalue weighted by atomic mass is 10.2. The zero-order chi connectivity index (χ0) is 22.4. The van der Waals surface area contributed by atoms with Crippen LogP contribution in [-0.4, -0.2) is 28.5 Å². The molecule has 0 aliphatic heterocycles. The summed E-state index contributed by atoms with van der Waals surface area (Å²) in [4.78, 5) is 12.6. The maximum atomic E-state index is 13.0. The standard InChI is InChI=1S/C23H24N2O5S/c1-4-16-8-11-18(12-9-16)25-31(27,28)22-14-17(10-13-21(22)30-3)23(26)24-19-6-5-7-20(15-19)29-2/h5-15,25H,4H2,1-3H3,(H,24,26). The molecule has 0 radical (unpaired) electrons. The molecule has 0 fully saturated rings. The zero-order valence-corrected chi connectivity index (χ0v) is 18.3. The minimum Gasteiger partial charge on any atom is -0.497 e. The molecule has 0 atom stereocenters. The molecular weight excluding hydrogens is 416 g/mol. The normalized spacial score (nSPS) is 10.9. The van der Waals surface area contributed by atoms with E-state index in [0.29, 0.717) is 17.1 Å². The number of benzene rings is 3. The first-order valence-corrected chi connectivity index (χ1v) is 11.1. The van der Waals surface area contributed by atoms with Crippen LogP contribution >= 0.6 is 0 Å². The lowest BCUT2D eigenvalue weighted by Gasteiger charge is -2.14. The van der Waals surface area contributed by atoms with Crippen LogP contribution in [0.25, 0.3) is 0 Å². The van der Waals surface area contributed by atoms with Crippen LogP contribution in [0.5, 0.6) is 11.5 Å². The van der Waals surface area contributed by atoms with Crippen LogP contribution in [0, 0.1) is 0 Å². The molecule has 162 valence electrons. The number of carbonyl (C=O) groups is 1. The molecule has 3 aromatic rings. The number of ether oxygens (including phenoxy) is 2. The quantitative estimate of drug-likeness (QED) is 0.544. The van der Waals surface area contributed by atoms with E-state index >= 15 is 0 Å². The number of hydrogen-bond donors (Lipinski definition) is 2. The van der Waals surface area contributed by atoms with Gasteiger partial charge in [-0.25, -0.2) is 8.42 Å². The molecule has 31 heavy (non-hydrogen) atoms. The van der Waals surface area contributed by atoms with Gasteiger partial charge in [0.25, 0.3) is 15.9 Å². The van der Waals surface area contributed by atoms with Gasteiger partial charge >= 0.3 is 0 Å². The van der Waals surface area contributed by atoms with E-state index < -0.39 is 15.9 Å². The molecule has 0 heterocycles. The predicted octanol–water partition coefficient (Wildman–Crippen LogP) is 4.32. The van der Waals surface area contributed by atoms with Crippen molar-refractivity contribution in [2.45, 2.75) is 18.2 Å². The van der Waals surface area contributed by atoms with E-state index in [9.17, 15) is 13.2 Å². The van der Waals surface area contributed by atoms with Gasteiger partial charge in [0.15, 0.2) is 0 Å². The third-order valence-corrected chi connectivity index (χ3v) is 6.06. The van der Waals surface area contributed by atoms with E-state index in [4.69, 9.17) is 9.47 Å². The number of aryl methyl sites for hydroxylation is 1. The van der Waals surface area contributed by atoms with E-state index in [1.807, 2.05) is 19.1 Å². The SMILES string of the molecule is CCc1ccc(NS(=O)(=O)c2cc(C(=O)Nc3cccc(OC)c3)ccc2OC)cc1. The molecule has 0 aliphatic carbocycles. The third kappa shape index (κ3) is 5.35. The fraction of sp³-hybridized carbons (Fsp3) is 0.174. The summed E-state index contributed by atoms with van der Waals surface area (Å²) in [7, 11) is -1.08. The maximum Gasteiger partial charge on any atom is 0.265 e. The Hall–Kier alpha value is -3.52. The molecule has 0 bridgehead atoms. The Balaban J connectivity index is 1.88. The first-order chi connectivity index (χ1) is 14.9. The summed E-state index contributed by atoms with van der Waals surface area (Å²) < 4.78 is 38.9. The minimum absolute atomic E-state index is 0.132. The highest BCUT2D eigenvalue weighted by molar-refractivity contribution is 7.92. The van der Waals surface area contributed by atoms with Gasteiger partial charge in [0.2, 0.25) is 0 Å². The summed E-state index contributed by atoms with van der Waals surface area (Å²) in [5.41, 5.74) is 2.21. The van der Waals surface area contributed by atoms with Crippen molar-refractivity contribution < 1.29 is 22.7 Å². The van der Waals surface area contributed by atoms with Gasteiger partial charge < -0.3 is 14.8 Å². The number of anilines is 2. The molecule has 0 aromatic heterocycles. The molecule has 2 N–H and O–H groups in total. The Morgan fingerprint density at radius 1 is 0.903 bits per heavy atom. The van der Waals surface area contributed by atoms with Gasteiger partial charge in [-0.05, 0) is 54.4 Å². The maximum absolute atomic E-state index is 13.0. The van der Waals surface area contributed by atoms with Crippen LogP contribution in [0.15, 0.2) is 71.6 Å². The molecule has 3 aromatic carbocycles. The van der Waals surface area contributed by atoms with E-state index in [1.165, 1.54) is 32.4 Å². The second-order valence-electron chi connectivity index (χ2n) is 6.71. The number of methoxy groups -OCH3 is 2. The Bertz CT molecular complexity index is 1170. The largest absolute Gasteiger partial charge is 0.497 e. The topological polar surface area (TPSA) is 93.7 Å². The first-order valence-electron chi connectivity index (χ1n) is 9.61. The highest BCUT2D eigenvalue weighted by atomic mass is 32.2. The van der Waals surface area contributed by atoms with Crippen LogP contribution in [0.3, 0.4) is 0 Å². The Labute approximate surface area is 182 Å². The van der Waals surface area contributed by atoms with Crippen LogP contribution in [0.1, 0.15) is 22.8 Å². The van der Waals surface area contributed by atoms with Crippen molar-refractivity contribution in [3.8, 4) is 11.5 Å². The van der Waals surface area contributed by atoms with Gasteiger partial charge in [-0.2, -0.15) is 0 Å². The van der Waals surface area contributed by atoms with E-state index in [2.05, 4.69) is 10.0 Å². The highest BCUT2D eigenvalue weighted by Crippen LogP contribution is 2.28. The van der Waals surface area contributed by atoms with Crippen LogP contribution < -0.4 is 19.5 Å². The van der Waals surface area contributed by atoms with Crippen molar-refractivity contribution in [2.75, 3.05) is 24.3 Å². The summed E-state index contributed by atoms with van der Waals surface area (Å²) in [6.45, 7) is 2.02. The highest BCUT2D eigenvalue weighted by Gasteiger charge is 2.22. The van der Waals surface area contributed by atoms with Gasteiger partial charge in [-0.15, -0.1) is 0 Å². The predicted molar refractivity (Wildman–Crippen MR) is 121 cm³/mol. The summed E-state index contributed by atoms with van der Waals surface area (Å²) in [6.07, 6.45) is 0.852. The lowest BCUT2D eigenvalue weighted by Crippen LogP contribution is -2.17. The molecule has 0 aliphatic rings. The van der Waals surface area contributed by atoms with E-state index in [-0.39, 0.29) is 16.2 Å². The molecule has 0 spiro atoms. The second-order valence-corrected chi connectivity index (χ2v) is 8.36. The lowest BCUT2D eigenvalue weighted by molar-refractivity contribution is 0.102. The minimum atomic E-state index is -3.99. The second kappa shape index (κ2) is 9.53. The van der Waals surface area contributed by atoms with E-state index in [1.54, 1.807) is 36.4 Å². The third-order valence-electron chi connectivity index (χ3n) is 4.66. The number of amides is 1. The Kier molecular flexibility index (Phi) is 6.81. The van der Waals surface area contributed by atoms with E-state index in [0.717, 1.165) is 12.0 Å². The number of nitrogens with one attached hydrogen (secondary N) is 2. The van der Waals surface area contributed by atoms with Gasteiger partial charge in [0.05, 0.1) is 14.2 Å². The smallest absolute Gasteiger partial charge is 0.265 e. The van der Waals surface area contributed by atoms with Crippen molar-refractivity contribution in [3.05, 3.63) is 77.9 Å². The van der Waals surface area contributed by atoms with Crippen molar-refractivity contribution in [3.63, 3.8) is 0 Å². The molecule has 1 amide bonds. The first kappa shape index (κ1) is 22.2. The van der Waals surface area contributed by atoms with Crippen molar-refractivity contribution in [1.29, 1.82) is 0 Å². The number of sulfonamides is 1. The number of hydrogen-bond acceptors (Lipinski definition) is 5. The molecule has 8 heteroatoms. The van der Waals surface area contributed by atoms with Crippen molar-refractivity contribution in [1.82, 2.24) is 0 Å². The summed E-state index contributed by atoms with van der Waals surface area (Å²) in [5.74, 6) is 0.268. The van der Waals surface area contributed by atoms with Crippen molar-refractivity contribution >= 4 is 27.3 Å². The Morgan fingerprint density at radius 3 is 2.29 bits per heavy atom. The summed E-state index contributed by atoms with van der Waals surface area (Å²) in [6, 6.07) is 18.2. The molecule has 0 saturated heterocycles. The Morgan fingerprint density at radius 2 is 1.65 bits per heavy atom. The molecule has 3 rings (SSSR count). The van der Waals surface area contributed by atoms with Crippen molar-refractivity contribution in [2.24, 2.45) is 0 Å². The van der Waals surface area contributed by atoms with Crippen LogP contribution in [-0.2, 0) is 16.4 Å². The van der Waals surface area contributed by atoms with Gasteiger partial charge in [0, 0.05) is 23.0 Å². The summed E-state index contributed by atoms with van der Waals surface area (Å²) >= 11 is 0. The fourth-order valence-corrected chi connectivity index (χ4v) is 4.21. The summed E-state index contributed by atoms with van der Waals surface area (Å²) in [5, 5.41) is 2.74. The fourth-order valence-electron chi connectivity index (χ4n) is 2.95. The molecular formula is C23H24N2O5S. The van der Waals surface area contributed by atoms with Gasteiger partial charge in [-0.3, -0.25) is 9.52 Å². The number of carbonyl (C=O) groups excluding carboxylic acids is 1. The molecule has 7 nitrogen and oxygen atoms in total. The van der Waals surface area contributed by atoms with Gasteiger partial charge in [-0.1, -0.05) is 25.1 Å². The average Bonchev–Trinajstić information content (AvgIpc) is 2.79. The number of rotatable bonds is 8. The molecule has 0 unspecified atom stereocenters. The van der Waals surface area contributed by atoms with Crippen LogP contribution in [0.4, 0.5) is 11.4 Å². The van der Waals surface area contributed by atoms with Crippen LogP contribution in [0.2, 0.25) is 0 Å². The zero-order valence-electron chi connectivity index (χ0n) is 17.5. The molecule has 0 saturated carbocycles. The monoisotopic (exact) mass is 440 g/mol. The van der Waals surface area contributed by atoms with Gasteiger partial charge in [0.1, 0.15) is 16.4 Å². The average molecular weight is 441 g/mol.